The summed E-state index contributed by atoms with van der Waals surface area (Å²) in [6.07, 6.45) is -0.374. The molecule has 9 nitrogen and oxygen atoms in total. The molecule has 2 amide bonds. The van der Waals surface area contributed by atoms with Gasteiger partial charge in [-0.1, -0.05) is 37.7 Å². The number of amides is 2. The van der Waals surface area contributed by atoms with E-state index in [2.05, 4.69) is 34.7 Å². The smallest absolute Gasteiger partial charge is 0.234 e. The molecule has 0 saturated carbocycles. The lowest BCUT2D eigenvalue weighted by atomic mass is 10.1. The molecule has 0 aliphatic rings. The molecule has 2 N–H and O–H groups in total. The highest BCUT2D eigenvalue weighted by molar-refractivity contribution is 7.99. The fourth-order valence-electron chi connectivity index (χ4n) is 3.60. The van der Waals surface area contributed by atoms with Gasteiger partial charge >= 0.3 is 0 Å². The number of aryl methyl sites for hydroxylation is 1. The first kappa shape index (κ1) is 27.1. The van der Waals surface area contributed by atoms with E-state index < -0.39 is 0 Å². The van der Waals surface area contributed by atoms with Crippen molar-refractivity contribution in [3.8, 4) is 11.5 Å². The molecule has 0 saturated heterocycles. The first-order chi connectivity index (χ1) is 17.2. The van der Waals surface area contributed by atoms with Gasteiger partial charge in [0.2, 0.25) is 11.8 Å². The molecule has 0 fully saturated rings. The van der Waals surface area contributed by atoms with E-state index in [1.54, 1.807) is 19.2 Å². The Balaban J connectivity index is 1.69. The average molecular weight is 512 g/mol. The average Bonchev–Trinajstić information content (AvgIpc) is 3.21. The molecule has 3 aromatic rings. The van der Waals surface area contributed by atoms with Gasteiger partial charge in [-0.25, -0.2) is 0 Å². The minimum atomic E-state index is -0.374. The normalized spacial score (nSPS) is 11.8. The van der Waals surface area contributed by atoms with Crippen molar-refractivity contribution >= 4 is 35.0 Å². The van der Waals surface area contributed by atoms with Crippen LogP contribution in [-0.4, -0.2) is 39.4 Å². The maximum Gasteiger partial charge on any atom is 0.234 e. The van der Waals surface area contributed by atoms with Crippen LogP contribution >= 0.6 is 11.8 Å². The summed E-state index contributed by atoms with van der Waals surface area (Å²) in [5, 5.41) is 15.1. The predicted molar refractivity (Wildman–Crippen MR) is 142 cm³/mol. The maximum atomic E-state index is 12.6. The van der Waals surface area contributed by atoms with Crippen LogP contribution in [-0.2, 0) is 16.1 Å². The van der Waals surface area contributed by atoms with Gasteiger partial charge in [0, 0.05) is 24.8 Å². The second-order valence-electron chi connectivity index (χ2n) is 8.80. The van der Waals surface area contributed by atoms with E-state index >= 15 is 0 Å². The van der Waals surface area contributed by atoms with Gasteiger partial charge in [0.1, 0.15) is 0 Å². The molecular formula is C26H33N5O4S. The monoisotopic (exact) mass is 511 g/mol. The number of carbonyl (C=O) groups excluding carboxylic acids is 2. The standard InChI is InChI=1S/C26H33N5O4S/c1-16(2)14-31-25(18(4)35-23-10-8-7-9-22(23)34-6)29-30-26(31)36-15-24(33)28-20-11-12-21(17(3)13-20)27-19(5)32/h7-13,16,18H,14-15H2,1-6H3,(H,27,32)(H,28,33). The zero-order chi connectivity index (χ0) is 26.2. The number of nitrogens with zero attached hydrogens (tertiary/aromatic N) is 3. The molecule has 1 aromatic heterocycles. The third kappa shape index (κ3) is 7.24. The first-order valence-electron chi connectivity index (χ1n) is 11.7. The molecule has 0 aliphatic heterocycles. The Morgan fingerprint density at radius 3 is 2.42 bits per heavy atom. The Morgan fingerprint density at radius 1 is 1.06 bits per heavy atom. The molecule has 1 unspecified atom stereocenters. The van der Waals surface area contributed by atoms with Crippen molar-refractivity contribution in [2.75, 3.05) is 23.5 Å². The minimum Gasteiger partial charge on any atom is -0.493 e. The highest BCUT2D eigenvalue weighted by Crippen LogP contribution is 2.31. The molecule has 10 heteroatoms. The number of thioether (sulfide) groups is 1. The Labute approximate surface area is 216 Å². The number of nitrogens with one attached hydrogen (secondary N) is 2. The Hall–Kier alpha value is -3.53. The lowest BCUT2D eigenvalue weighted by Gasteiger charge is -2.19. The van der Waals surface area contributed by atoms with Gasteiger partial charge in [-0.05, 0) is 55.7 Å². The molecule has 2 aromatic carbocycles. The van der Waals surface area contributed by atoms with Gasteiger partial charge in [0.05, 0.1) is 12.9 Å². The van der Waals surface area contributed by atoms with Crippen molar-refractivity contribution in [1.29, 1.82) is 0 Å². The summed E-state index contributed by atoms with van der Waals surface area (Å²) in [5.41, 5.74) is 2.24. The number of ether oxygens (including phenoxy) is 2. The fraction of sp³-hybridized carbons (Fsp3) is 0.385. The molecule has 0 spiro atoms. The molecule has 192 valence electrons. The molecule has 0 aliphatic carbocycles. The molecule has 1 heterocycles. The van der Waals surface area contributed by atoms with Gasteiger partial charge in [0.15, 0.2) is 28.6 Å². The van der Waals surface area contributed by atoms with E-state index in [9.17, 15) is 9.59 Å². The van der Waals surface area contributed by atoms with Gasteiger partial charge in [0.25, 0.3) is 0 Å². The van der Waals surface area contributed by atoms with Crippen LogP contribution in [0.2, 0.25) is 0 Å². The topological polar surface area (TPSA) is 107 Å². The first-order valence-corrected chi connectivity index (χ1v) is 12.7. The van der Waals surface area contributed by atoms with E-state index in [1.165, 1.54) is 18.7 Å². The summed E-state index contributed by atoms with van der Waals surface area (Å²) >= 11 is 1.32. The summed E-state index contributed by atoms with van der Waals surface area (Å²) in [5.74, 6) is 2.17. The lowest BCUT2D eigenvalue weighted by Crippen LogP contribution is -2.17. The zero-order valence-corrected chi connectivity index (χ0v) is 22.3. The largest absolute Gasteiger partial charge is 0.493 e. The molecule has 36 heavy (non-hydrogen) atoms. The quantitative estimate of drug-likeness (QED) is 0.346. The highest BCUT2D eigenvalue weighted by atomic mass is 32.2. The van der Waals surface area contributed by atoms with E-state index in [-0.39, 0.29) is 23.7 Å². The van der Waals surface area contributed by atoms with Gasteiger partial charge in [-0.15, -0.1) is 10.2 Å². The second kappa shape index (κ2) is 12.4. The van der Waals surface area contributed by atoms with Crippen molar-refractivity contribution in [2.45, 2.75) is 52.4 Å². The number of aromatic nitrogens is 3. The number of methoxy groups -OCH3 is 1. The zero-order valence-electron chi connectivity index (χ0n) is 21.5. The van der Waals surface area contributed by atoms with Crippen LogP contribution < -0.4 is 20.1 Å². The fourth-order valence-corrected chi connectivity index (χ4v) is 4.36. The van der Waals surface area contributed by atoms with Gasteiger partial charge < -0.3 is 24.7 Å². The van der Waals surface area contributed by atoms with Crippen LogP contribution in [0.4, 0.5) is 11.4 Å². The number of anilines is 2. The van der Waals surface area contributed by atoms with Gasteiger partial charge in [-0.2, -0.15) is 0 Å². The van der Waals surface area contributed by atoms with Crippen molar-refractivity contribution in [3.05, 3.63) is 53.9 Å². The van der Waals surface area contributed by atoms with E-state index in [0.717, 1.165) is 5.56 Å². The Bertz CT molecular complexity index is 1210. The number of rotatable bonds is 11. The van der Waals surface area contributed by atoms with Crippen LogP contribution in [0.3, 0.4) is 0 Å². The number of benzene rings is 2. The van der Waals surface area contributed by atoms with Crippen LogP contribution in [0.5, 0.6) is 11.5 Å². The van der Waals surface area contributed by atoms with Crippen LogP contribution in [0.25, 0.3) is 0 Å². The van der Waals surface area contributed by atoms with Crippen LogP contribution in [0.1, 0.15) is 45.2 Å². The van der Waals surface area contributed by atoms with Crippen molar-refractivity contribution < 1.29 is 19.1 Å². The van der Waals surface area contributed by atoms with Crippen molar-refractivity contribution in [2.24, 2.45) is 5.92 Å². The maximum absolute atomic E-state index is 12.6. The Morgan fingerprint density at radius 2 is 1.78 bits per heavy atom. The summed E-state index contributed by atoms with van der Waals surface area (Å²) in [6, 6.07) is 12.8. The van der Waals surface area contributed by atoms with Crippen LogP contribution in [0.15, 0.2) is 47.6 Å². The summed E-state index contributed by atoms with van der Waals surface area (Å²) in [4.78, 5) is 23.9. The molecule has 0 bridgehead atoms. The van der Waals surface area contributed by atoms with E-state index in [1.807, 2.05) is 48.7 Å². The van der Waals surface area contributed by atoms with Crippen molar-refractivity contribution in [3.63, 3.8) is 0 Å². The van der Waals surface area contributed by atoms with E-state index in [0.29, 0.717) is 46.3 Å². The highest BCUT2D eigenvalue weighted by Gasteiger charge is 2.22. The summed E-state index contributed by atoms with van der Waals surface area (Å²) < 4.78 is 13.5. The lowest BCUT2D eigenvalue weighted by molar-refractivity contribution is -0.114. The number of hydrogen-bond acceptors (Lipinski definition) is 7. The predicted octanol–water partition coefficient (Wildman–Crippen LogP) is 5.08. The minimum absolute atomic E-state index is 0.140. The Kier molecular flexibility index (Phi) is 9.35. The summed E-state index contributed by atoms with van der Waals surface area (Å²) in [6.45, 7) is 10.2. The number of carbonyl (C=O) groups is 2. The van der Waals surface area contributed by atoms with E-state index in [4.69, 9.17) is 9.47 Å². The SMILES string of the molecule is COc1ccccc1OC(C)c1nnc(SCC(=O)Nc2ccc(NC(C)=O)c(C)c2)n1CC(C)C. The molecule has 3 rings (SSSR count). The summed E-state index contributed by atoms with van der Waals surface area (Å²) in [7, 11) is 1.60. The number of hydrogen-bond donors (Lipinski definition) is 2. The third-order valence-electron chi connectivity index (χ3n) is 5.18. The molecular weight excluding hydrogens is 478 g/mol. The third-order valence-corrected chi connectivity index (χ3v) is 6.15. The molecule has 1 atom stereocenters. The van der Waals surface area contributed by atoms with Crippen molar-refractivity contribution in [1.82, 2.24) is 14.8 Å². The second-order valence-corrected chi connectivity index (χ2v) is 9.75. The van der Waals surface area contributed by atoms with Crippen LogP contribution in [0, 0.1) is 12.8 Å². The number of para-hydroxylation sites is 2. The molecule has 0 radical (unpaired) electrons. The van der Waals surface area contributed by atoms with Gasteiger partial charge in [-0.3, -0.25) is 9.59 Å².